The number of rotatable bonds is 36. The highest BCUT2D eigenvalue weighted by Gasteiger charge is 2.51. The molecule has 0 radical (unpaired) electrons. The lowest BCUT2D eigenvalue weighted by Gasteiger charge is -2.41. The number of carbonyl (C=O) groups excluding carboxylic acids is 1. The first-order valence-corrected chi connectivity index (χ1v) is 24.2. The summed E-state index contributed by atoms with van der Waals surface area (Å²) < 4.78 is 22.8. The molecule has 344 valence electrons. The van der Waals surface area contributed by atoms with Crippen molar-refractivity contribution < 1.29 is 59.0 Å². The minimum absolute atomic E-state index is 0.360. The van der Waals surface area contributed by atoms with Gasteiger partial charge in [0, 0.05) is 0 Å². The van der Waals surface area contributed by atoms with Crippen LogP contribution >= 0.6 is 7.82 Å². The maximum Gasteiger partial charge on any atom is 0.472 e. The van der Waals surface area contributed by atoms with E-state index < -0.39 is 75.2 Å². The van der Waals surface area contributed by atoms with Gasteiger partial charge >= 0.3 is 7.82 Å². The summed E-state index contributed by atoms with van der Waals surface area (Å²) >= 11 is 0. The summed E-state index contributed by atoms with van der Waals surface area (Å²) in [7, 11) is -5.16. The van der Waals surface area contributed by atoms with E-state index in [-0.39, 0.29) is 6.42 Å². The van der Waals surface area contributed by atoms with Gasteiger partial charge in [-0.2, -0.15) is 0 Å². The van der Waals surface area contributed by atoms with Crippen molar-refractivity contribution in [3.63, 3.8) is 0 Å². The maximum absolute atomic E-state index is 12.9. The van der Waals surface area contributed by atoms with E-state index in [1.807, 2.05) is 6.08 Å². The Bertz CT molecular complexity index is 1200. The van der Waals surface area contributed by atoms with E-state index in [1.54, 1.807) is 12.2 Å². The van der Waals surface area contributed by atoms with E-state index in [2.05, 4.69) is 37.4 Å². The lowest BCUT2D eigenvalue weighted by Crippen LogP contribution is -2.64. The predicted octanol–water partition coefficient (Wildman–Crippen LogP) is 7.14. The van der Waals surface area contributed by atoms with Crippen LogP contribution in [-0.2, 0) is 18.4 Å². The van der Waals surface area contributed by atoms with Gasteiger partial charge < -0.3 is 46.0 Å². The van der Waals surface area contributed by atoms with E-state index in [0.717, 1.165) is 32.1 Å². The summed E-state index contributed by atoms with van der Waals surface area (Å²) in [4.78, 5) is 23.3. The van der Waals surface area contributed by atoms with Gasteiger partial charge in [-0.05, 0) is 44.9 Å². The van der Waals surface area contributed by atoms with Crippen LogP contribution in [0.1, 0.15) is 168 Å². The van der Waals surface area contributed by atoms with Crippen LogP contribution in [0.2, 0.25) is 0 Å². The van der Waals surface area contributed by atoms with E-state index in [4.69, 9.17) is 9.05 Å². The van der Waals surface area contributed by atoms with Crippen LogP contribution in [0.15, 0.2) is 48.6 Å². The van der Waals surface area contributed by atoms with Crippen LogP contribution in [0.4, 0.5) is 0 Å². The van der Waals surface area contributed by atoms with Gasteiger partial charge in [-0.15, -0.1) is 0 Å². The topological polar surface area (TPSA) is 226 Å². The first-order chi connectivity index (χ1) is 28.3. The number of hydrogen-bond acceptors (Lipinski definition) is 11. The minimum atomic E-state index is -5.16. The maximum atomic E-state index is 12.9. The van der Waals surface area contributed by atoms with E-state index >= 15 is 0 Å². The van der Waals surface area contributed by atoms with Crippen molar-refractivity contribution in [2.45, 2.75) is 223 Å². The summed E-state index contributed by atoms with van der Waals surface area (Å²) in [6.07, 6.45) is 26.7. The van der Waals surface area contributed by atoms with Crippen molar-refractivity contribution >= 4 is 13.7 Å². The van der Waals surface area contributed by atoms with Gasteiger partial charge in [-0.1, -0.05) is 165 Å². The zero-order valence-corrected chi connectivity index (χ0v) is 37.0. The number of phosphoric acid groups is 1. The Balaban J connectivity index is 2.64. The Labute approximate surface area is 355 Å². The molecule has 8 unspecified atom stereocenters. The minimum Gasteiger partial charge on any atom is -0.389 e. The fraction of sp³-hybridized carbons (Fsp3) is 0.800. The normalized spacial score (nSPS) is 24.0. The monoisotopic (exact) mass is 860 g/mol. The molecule has 8 atom stereocenters. The van der Waals surface area contributed by atoms with Crippen molar-refractivity contribution in [2.75, 3.05) is 6.61 Å². The van der Waals surface area contributed by atoms with Crippen LogP contribution in [-0.4, -0.2) is 108 Å². The van der Waals surface area contributed by atoms with Crippen molar-refractivity contribution in [3.05, 3.63) is 48.6 Å². The molecule has 13 nitrogen and oxygen atoms in total. The molecule has 1 saturated carbocycles. The first-order valence-electron chi connectivity index (χ1n) is 22.7. The molecule has 1 rings (SSSR count). The van der Waals surface area contributed by atoms with Crippen LogP contribution in [0.25, 0.3) is 0 Å². The van der Waals surface area contributed by atoms with Crippen molar-refractivity contribution in [2.24, 2.45) is 0 Å². The van der Waals surface area contributed by atoms with E-state index in [0.29, 0.717) is 12.8 Å². The van der Waals surface area contributed by atoms with Crippen molar-refractivity contribution in [3.8, 4) is 0 Å². The fourth-order valence-corrected chi connectivity index (χ4v) is 7.87. The lowest BCUT2D eigenvalue weighted by atomic mass is 9.85. The number of amides is 1. The summed E-state index contributed by atoms with van der Waals surface area (Å²) in [5.41, 5.74) is 0. The molecule has 59 heavy (non-hydrogen) atoms. The summed E-state index contributed by atoms with van der Waals surface area (Å²) in [5.74, 6) is -0.672. The highest BCUT2D eigenvalue weighted by Crippen LogP contribution is 2.47. The van der Waals surface area contributed by atoms with Gasteiger partial charge in [-0.25, -0.2) is 4.57 Å². The Morgan fingerprint density at radius 2 is 1.03 bits per heavy atom. The number of nitrogens with one attached hydrogen (secondary N) is 1. The summed E-state index contributed by atoms with van der Waals surface area (Å²) in [5, 5.41) is 74.1. The average Bonchev–Trinajstić information content (AvgIpc) is 3.21. The lowest BCUT2D eigenvalue weighted by molar-refractivity contribution is -0.220. The molecular formula is C45H82NO12P. The zero-order valence-electron chi connectivity index (χ0n) is 36.2. The predicted molar refractivity (Wildman–Crippen MR) is 233 cm³/mol. The SMILES string of the molecule is CCCCCCCC/C=C\C/C=C\C(O)CC(=O)NC(COP(=O)(O)OC1C(O)C(O)C(O)C(O)C1O)C(O)/C=C/CC/C=C/CCCCCCCCCCCCCC. The molecule has 14 heteroatoms. The van der Waals surface area contributed by atoms with Gasteiger partial charge in [0.15, 0.2) is 0 Å². The third kappa shape index (κ3) is 27.0. The standard InChI is InChI=1S/C45H82NO12P/c1-3-5-7-9-11-13-15-16-17-18-19-20-21-23-25-27-29-31-33-38(48)37(35-57-59(55,56)58-45-43(53)41(51)40(50)42(52)44(45)54)46-39(49)34-36(47)32-30-28-26-24-22-14-12-10-8-6-4-2/h23-26,30-33,36-38,40-45,47-48,50-54H,3-22,27-29,34-35H2,1-2H3,(H,46,49)(H,55,56)/b25-23+,26-24-,32-30-,33-31+. The van der Waals surface area contributed by atoms with Crippen molar-refractivity contribution in [1.29, 1.82) is 0 Å². The Hall–Kier alpha value is -1.74. The number of phosphoric ester groups is 1. The number of carbonyl (C=O) groups is 1. The fourth-order valence-electron chi connectivity index (χ4n) is 6.90. The third-order valence-corrected chi connectivity index (χ3v) is 11.6. The molecule has 1 amide bonds. The molecular weight excluding hydrogens is 777 g/mol. The molecule has 1 fully saturated rings. The average molecular weight is 860 g/mol. The highest BCUT2D eigenvalue weighted by molar-refractivity contribution is 7.47. The van der Waals surface area contributed by atoms with E-state index in [9.17, 15) is 50.0 Å². The molecule has 0 heterocycles. The number of unbranched alkanes of at least 4 members (excludes halogenated alkanes) is 19. The molecule has 0 aromatic carbocycles. The second-order valence-electron chi connectivity index (χ2n) is 16.1. The van der Waals surface area contributed by atoms with Gasteiger partial charge in [0.25, 0.3) is 0 Å². The number of aliphatic hydroxyl groups excluding tert-OH is 7. The van der Waals surface area contributed by atoms with Gasteiger partial charge in [0.2, 0.25) is 5.91 Å². The number of allylic oxidation sites excluding steroid dienone is 6. The molecule has 0 aromatic rings. The van der Waals surface area contributed by atoms with Crippen LogP contribution in [0.3, 0.4) is 0 Å². The molecule has 9 N–H and O–H groups in total. The van der Waals surface area contributed by atoms with Gasteiger partial charge in [0.1, 0.15) is 36.6 Å². The molecule has 0 spiro atoms. The Morgan fingerprint density at radius 1 is 0.593 bits per heavy atom. The van der Waals surface area contributed by atoms with Gasteiger partial charge in [0.05, 0.1) is 31.3 Å². The Kier molecular flexibility index (Phi) is 32.6. The first kappa shape index (κ1) is 55.3. The quantitative estimate of drug-likeness (QED) is 0.0174. The van der Waals surface area contributed by atoms with Crippen molar-refractivity contribution in [1.82, 2.24) is 5.32 Å². The molecule has 0 bridgehead atoms. The van der Waals surface area contributed by atoms with Crippen LogP contribution in [0, 0.1) is 0 Å². The molecule has 1 aliphatic carbocycles. The van der Waals surface area contributed by atoms with Crippen LogP contribution < -0.4 is 5.32 Å². The van der Waals surface area contributed by atoms with Gasteiger partial charge in [-0.3, -0.25) is 13.8 Å². The molecule has 0 saturated heterocycles. The molecule has 0 aromatic heterocycles. The Morgan fingerprint density at radius 3 is 1.56 bits per heavy atom. The smallest absolute Gasteiger partial charge is 0.389 e. The largest absolute Gasteiger partial charge is 0.472 e. The third-order valence-electron chi connectivity index (χ3n) is 10.6. The number of hydrogen-bond donors (Lipinski definition) is 9. The summed E-state index contributed by atoms with van der Waals surface area (Å²) in [6.45, 7) is 3.67. The van der Waals surface area contributed by atoms with E-state index in [1.165, 1.54) is 115 Å². The summed E-state index contributed by atoms with van der Waals surface area (Å²) in [6, 6.07) is -1.29. The van der Waals surface area contributed by atoms with Crippen LogP contribution in [0.5, 0.6) is 0 Å². The molecule has 1 aliphatic rings. The zero-order chi connectivity index (χ0) is 43.7. The molecule has 0 aliphatic heterocycles. The highest BCUT2D eigenvalue weighted by atomic mass is 31.2. The number of aliphatic hydroxyl groups is 7. The second-order valence-corrected chi connectivity index (χ2v) is 17.5. The second kappa shape index (κ2) is 34.8.